The fourth-order valence-electron chi connectivity index (χ4n) is 5.61. The number of carbonyl (C=O) groups excluding carboxylic acids is 3. The average molecular weight is 688 g/mol. The number of likely N-dealkylation sites (N-methyl/N-ethyl adjacent to an activating group) is 1. The Kier molecular flexibility index (Phi) is 17.8. The van der Waals surface area contributed by atoms with Crippen molar-refractivity contribution in [3.05, 3.63) is 52.0 Å². The number of hydrogen-bond donors (Lipinski definition) is 4. The number of carboxylic acids is 1. The van der Waals surface area contributed by atoms with Gasteiger partial charge in [-0.3, -0.25) is 19.2 Å². The van der Waals surface area contributed by atoms with Gasteiger partial charge in [-0.2, -0.15) is 0 Å². The summed E-state index contributed by atoms with van der Waals surface area (Å²) in [5, 5.41) is 20.9. The third-order valence-corrected chi connectivity index (χ3v) is 9.83. The Morgan fingerprint density at radius 1 is 1.02 bits per heavy atom. The lowest BCUT2D eigenvalue weighted by Gasteiger charge is -2.37. The summed E-state index contributed by atoms with van der Waals surface area (Å²) >= 11 is 1.31. The summed E-state index contributed by atoms with van der Waals surface area (Å²) < 4.78 is 5.87. The molecule has 0 aliphatic heterocycles. The van der Waals surface area contributed by atoms with Gasteiger partial charge in [0.05, 0.1) is 12.5 Å². The Balaban J connectivity index is 2.18. The topological polar surface area (TPSA) is 150 Å². The van der Waals surface area contributed by atoms with Crippen molar-refractivity contribution in [2.24, 2.45) is 17.8 Å². The van der Waals surface area contributed by atoms with E-state index in [2.05, 4.69) is 27.9 Å². The zero-order chi connectivity index (χ0) is 35.8. The third kappa shape index (κ3) is 12.9. The number of aromatic nitrogens is 1. The molecule has 2 aromatic rings. The maximum atomic E-state index is 13.9. The summed E-state index contributed by atoms with van der Waals surface area (Å²) in [4.78, 5) is 57.9. The number of hydrogen-bond acceptors (Lipinski definition) is 8. The van der Waals surface area contributed by atoms with Crippen molar-refractivity contribution in [3.63, 3.8) is 0 Å². The number of unbranched alkanes of at least 4 members (excludes halogenated alkanes) is 1. The first-order valence-corrected chi connectivity index (χ1v) is 18.0. The second kappa shape index (κ2) is 20.9. The van der Waals surface area contributed by atoms with Crippen molar-refractivity contribution in [2.45, 2.75) is 104 Å². The molecule has 4 N–H and O–H groups in total. The summed E-state index contributed by atoms with van der Waals surface area (Å²) in [6.45, 7) is 12.7. The minimum absolute atomic E-state index is 0.0604. The number of carboxylic acid groups (broad SMARTS) is 1. The number of benzene rings is 1. The highest BCUT2D eigenvalue weighted by atomic mass is 32.1. The van der Waals surface area contributed by atoms with Crippen LogP contribution in [-0.4, -0.2) is 84.1 Å². The molecule has 0 bridgehead atoms. The smallest absolute Gasteiger partial charge is 0.306 e. The fourth-order valence-corrected chi connectivity index (χ4v) is 6.49. The first-order chi connectivity index (χ1) is 22.8. The minimum Gasteiger partial charge on any atom is -0.481 e. The van der Waals surface area contributed by atoms with Crippen molar-refractivity contribution in [1.82, 2.24) is 25.8 Å². The van der Waals surface area contributed by atoms with Crippen molar-refractivity contribution in [2.75, 3.05) is 27.2 Å². The minimum atomic E-state index is -0.915. The molecular weight excluding hydrogens is 630 g/mol. The van der Waals surface area contributed by atoms with Crippen LogP contribution in [0.5, 0.6) is 0 Å². The third-order valence-electron chi connectivity index (χ3n) is 8.89. The molecule has 2 rings (SSSR count). The highest BCUT2D eigenvalue weighted by molar-refractivity contribution is 7.09. The van der Waals surface area contributed by atoms with Crippen molar-refractivity contribution < 1.29 is 29.0 Å². The molecule has 3 amide bonds. The molecule has 1 aromatic heterocycles. The zero-order valence-corrected chi connectivity index (χ0v) is 30.8. The van der Waals surface area contributed by atoms with Crippen LogP contribution in [0.4, 0.5) is 0 Å². The van der Waals surface area contributed by atoms with Crippen LogP contribution in [0.25, 0.3) is 0 Å². The van der Waals surface area contributed by atoms with Gasteiger partial charge in [0.25, 0.3) is 5.91 Å². The fraction of sp³-hybridized carbons (Fsp3) is 0.639. The van der Waals surface area contributed by atoms with Gasteiger partial charge in [0.2, 0.25) is 11.8 Å². The molecular formula is C36H57N5O6S. The molecule has 6 atom stereocenters. The van der Waals surface area contributed by atoms with Gasteiger partial charge >= 0.3 is 5.97 Å². The summed E-state index contributed by atoms with van der Waals surface area (Å²) in [6.07, 6.45) is 3.47. The molecule has 11 nitrogen and oxygen atoms in total. The Morgan fingerprint density at radius 2 is 1.71 bits per heavy atom. The van der Waals surface area contributed by atoms with Crippen molar-refractivity contribution >= 4 is 35.0 Å². The predicted octanol–water partition coefficient (Wildman–Crippen LogP) is 5.08. The molecule has 0 fully saturated rings. The van der Waals surface area contributed by atoms with Crippen LogP contribution in [0.2, 0.25) is 0 Å². The van der Waals surface area contributed by atoms with E-state index in [0.29, 0.717) is 17.8 Å². The molecule has 0 saturated heterocycles. The van der Waals surface area contributed by atoms with E-state index in [0.717, 1.165) is 31.4 Å². The number of nitrogens with zero attached hydrogens (tertiary/aromatic N) is 2. The summed E-state index contributed by atoms with van der Waals surface area (Å²) in [7, 11) is 3.36. The lowest BCUT2D eigenvalue weighted by atomic mass is 9.93. The Morgan fingerprint density at radius 3 is 2.29 bits per heavy atom. The highest BCUT2D eigenvalue weighted by Gasteiger charge is 2.35. The van der Waals surface area contributed by atoms with Crippen LogP contribution in [0.3, 0.4) is 0 Å². The van der Waals surface area contributed by atoms with Gasteiger partial charge in [0.1, 0.15) is 22.8 Å². The average Bonchev–Trinajstić information content (AvgIpc) is 3.56. The van der Waals surface area contributed by atoms with Crippen LogP contribution in [0, 0.1) is 17.8 Å². The predicted molar refractivity (Wildman–Crippen MR) is 190 cm³/mol. The molecule has 1 heterocycles. The van der Waals surface area contributed by atoms with E-state index < -0.39 is 30.1 Å². The van der Waals surface area contributed by atoms with Crippen LogP contribution in [0.15, 0.2) is 35.7 Å². The van der Waals surface area contributed by atoms with E-state index in [4.69, 9.17) is 4.74 Å². The van der Waals surface area contributed by atoms with E-state index in [1.54, 1.807) is 31.4 Å². The van der Waals surface area contributed by atoms with E-state index >= 15 is 0 Å². The lowest BCUT2D eigenvalue weighted by molar-refractivity contribution is -0.141. The number of methoxy groups -OCH3 is 1. The van der Waals surface area contributed by atoms with Gasteiger partial charge in [-0.25, -0.2) is 4.98 Å². The Bertz CT molecular complexity index is 1290. The first-order valence-electron chi connectivity index (χ1n) is 17.1. The van der Waals surface area contributed by atoms with Crippen LogP contribution in [0.1, 0.15) is 101 Å². The van der Waals surface area contributed by atoms with Crippen LogP contribution in [-0.2, 0) is 25.5 Å². The molecule has 0 aliphatic rings. The zero-order valence-electron chi connectivity index (χ0n) is 30.0. The lowest BCUT2D eigenvalue weighted by Crippen LogP contribution is -2.55. The van der Waals surface area contributed by atoms with Crippen LogP contribution < -0.4 is 16.0 Å². The normalized spacial score (nSPS) is 15.2. The summed E-state index contributed by atoms with van der Waals surface area (Å²) in [5.74, 6) is -2.28. The van der Waals surface area contributed by atoms with Gasteiger partial charge in [0, 0.05) is 38.0 Å². The second-order valence-corrected chi connectivity index (χ2v) is 14.0. The summed E-state index contributed by atoms with van der Waals surface area (Å²) in [6, 6.07) is 8.34. The molecule has 12 heteroatoms. The van der Waals surface area contributed by atoms with Crippen LogP contribution >= 0.6 is 11.3 Å². The Labute approximate surface area is 290 Å². The number of rotatable bonds is 22. The molecule has 0 spiro atoms. The SMILES string of the molecule is CCCCNCC(=O)N[C@H](C(=O)N(C)[C@H](C[C@@H](OC)c1nc(C(=O)N[C@@H](Cc2ccccc2)C[C@H](C)C(=O)O)cs1)C(C)C)[C@@H](C)CC. The number of carbonyl (C=O) groups is 4. The van der Waals surface area contributed by atoms with Gasteiger partial charge in [-0.05, 0) is 43.2 Å². The monoisotopic (exact) mass is 687 g/mol. The molecule has 0 saturated carbocycles. The second-order valence-electron chi connectivity index (χ2n) is 13.1. The maximum Gasteiger partial charge on any atom is 0.306 e. The molecule has 0 unspecified atom stereocenters. The number of aliphatic carboxylic acids is 1. The largest absolute Gasteiger partial charge is 0.481 e. The highest BCUT2D eigenvalue weighted by Crippen LogP contribution is 2.30. The van der Waals surface area contributed by atoms with Gasteiger partial charge in [-0.1, -0.05) is 84.7 Å². The Hall–Kier alpha value is -3.35. The van der Waals surface area contributed by atoms with Gasteiger partial charge < -0.3 is 30.7 Å². The number of thiazole rings is 1. The van der Waals surface area contributed by atoms with Gasteiger partial charge in [0.15, 0.2) is 0 Å². The molecule has 268 valence electrons. The molecule has 48 heavy (non-hydrogen) atoms. The summed E-state index contributed by atoms with van der Waals surface area (Å²) in [5.41, 5.74) is 1.23. The molecule has 0 aliphatic carbocycles. The number of ether oxygens (including phenoxy) is 1. The van der Waals surface area contributed by atoms with Gasteiger partial charge in [-0.15, -0.1) is 11.3 Å². The molecule has 1 aromatic carbocycles. The number of nitrogens with one attached hydrogen (secondary N) is 3. The van der Waals surface area contributed by atoms with E-state index in [1.165, 1.54) is 11.3 Å². The van der Waals surface area contributed by atoms with E-state index in [1.807, 2.05) is 58.0 Å². The van der Waals surface area contributed by atoms with E-state index in [9.17, 15) is 24.3 Å². The maximum absolute atomic E-state index is 13.9. The van der Waals surface area contributed by atoms with Crippen molar-refractivity contribution in [3.8, 4) is 0 Å². The quantitative estimate of drug-likeness (QED) is 0.125. The van der Waals surface area contributed by atoms with E-state index in [-0.39, 0.29) is 54.3 Å². The number of amides is 3. The van der Waals surface area contributed by atoms with Crippen molar-refractivity contribution in [1.29, 1.82) is 0 Å². The standard InChI is InChI=1S/C36H57N5O6S/c1-9-11-17-37-21-31(42)40-32(24(5)10-2)35(44)41(7)29(23(3)4)20-30(47-8)34-39-28(22-48-34)33(43)38-27(18-25(6)36(45)46)19-26-15-13-12-14-16-26/h12-16,22-25,27,29-30,32,37H,9-11,17-21H2,1-8H3,(H,38,43)(H,40,42)(H,45,46)/t24-,25-,27+,29+,30+,32-/m0/s1. The first kappa shape index (κ1) is 40.8. The molecule has 0 radical (unpaired) electrons.